The van der Waals surface area contributed by atoms with E-state index in [9.17, 15) is 4.39 Å². The number of fused-ring (bicyclic) bond motifs is 1. The number of benzene rings is 1. The van der Waals surface area contributed by atoms with Crippen LogP contribution in [-0.4, -0.2) is 14.5 Å². The highest BCUT2D eigenvalue weighted by molar-refractivity contribution is 6.31. The lowest BCUT2D eigenvalue weighted by Crippen LogP contribution is -2.06. The summed E-state index contributed by atoms with van der Waals surface area (Å²) in [6.45, 7) is 0.333. The number of hydrogen-bond donors (Lipinski definition) is 0. The van der Waals surface area contributed by atoms with Crippen LogP contribution in [0.3, 0.4) is 0 Å². The third kappa shape index (κ3) is 2.37. The van der Waals surface area contributed by atoms with Crippen molar-refractivity contribution in [3.8, 4) is 0 Å². The predicted molar refractivity (Wildman–Crippen MR) is 77.6 cm³/mol. The number of rotatable bonds is 3. The highest BCUT2D eigenvalue weighted by atomic mass is 35.5. The van der Waals surface area contributed by atoms with Crippen LogP contribution in [0.15, 0.2) is 36.5 Å². The molecule has 0 aliphatic carbocycles. The molecule has 0 N–H and O–H groups in total. The van der Waals surface area contributed by atoms with Crippen LogP contribution in [-0.2, 0) is 12.4 Å². The minimum absolute atomic E-state index is 0.225. The molecule has 0 bridgehead atoms. The Bertz CT molecular complexity index is 770. The Labute approximate surface area is 125 Å². The van der Waals surface area contributed by atoms with Crippen LogP contribution < -0.4 is 0 Å². The van der Waals surface area contributed by atoms with Crippen molar-refractivity contribution in [1.29, 1.82) is 0 Å². The predicted octanol–water partition coefficient (Wildman–Crippen LogP) is 4.01. The first kappa shape index (κ1) is 13.3. The molecule has 0 aliphatic heterocycles. The van der Waals surface area contributed by atoms with E-state index in [2.05, 4.69) is 9.97 Å². The summed E-state index contributed by atoms with van der Waals surface area (Å²) in [6, 6.07) is 8.33. The quantitative estimate of drug-likeness (QED) is 0.684. The van der Waals surface area contributed by atoms with Crippen molar-refractivity contribution >= 4 is 34.4 Å². The molecular formula is C14H10Cl2FN3. The molecule has 102 valence electrons. The average molecular weight is 310 g/mol. The van der Waals surface area contributed by atoms with Crippen molar-refractivity contribution in [2.24, 2.45) is 0 Å². The van der Waals surface area contributed by atoms with Gasteiger partial charge in [0.15, 0.2) is 5.65 Å². The van der Waals surface area contributed by atoms with Gasteiger partial charge in [-0.05, 0) is 12.1 Å². The normalized spacial score (nSPS) is 11.2. The van der Waals surface area contributed by atoms with Crippen LogP contribution in [0.1, 0.15) is 11.4 Å². The van der Waals surface area contributed by atoms with E-state index in [-0.39, 0.29) is 11.7 Å². The van der Waals surface area contributed by atoms with Gasteiger partial charge in [-0.15, -0.1) is 11.6 Å². The highest BCUT2D eigenvalue weighted by Gasteiger charge is 2.13. The molecular weight excluding hydrogens is 300 g/mol. The molecule has 0 spiro atoms. The number of alkyl halides is 1. The number of aromatic nitrogens is 3. The molecule has 0 saturated heterocycles. The molecule has 2 aromatic heterocycles. The Hall–Kier alpha value is -1.65. The molecule has 3 aromatic rings. The smallest absolute Gasteiger partial charge is 0.160 e. The van der Waals surface area contributed by atoms with E-state index in [4.69, 9.17) is 23.2 Å². The molecule has 0 unspecified atom stereocenters. The van der Waals surface area contributed by atoms with Gasteiger partial charge in [0.2, 0.25) is 0 Å². The van der Waals surface area contributed by atoms with Gasteiger partial charge in [0.05, 0.1) is 17.4 Å². The summed E-state index contributed by atoms with van der Waals surface area (Å²) in [4.78, 5) is 8.64. The molecule has 0 amide bonds. The lowest BCUT2D eigenvalue weighted by molar-refractivity contribution is 0.598. The van der Waals surface area contributed by atoms with Crippen LogP contribution in [0.5, 0.6) is 0 Å². The Morgan fingerprint density at radius 3 is 2.80 bits per heavy atom. The molecule has 0 radical (unpaired) electrons. The molecule has 3 rings (SSSR count). The van der Waals surface area contributed by atoms with E-state index in [1.807, 2.05) is 0 Å². The van der Waals surface area contributed by atoms with Crippen molar-refractivity contribution < 1.29 is 4.39 Å². The van der Waals surface area contributed by atoms with Crippen LogP contribution in [0, 0.1) is 5.82 Å². The number of pyridine rings is 1. The fraction of sp³-hybridized carbons (Fsp3) is 0.143. The van der Waals surface area contributed by atoms with E-state index in [1.54, 1.807) is 35.0 Å². The summed E-state index contributed by atoms with van der Waals surface area (Å²) in [7, 11) is 0. The van der Waals surface area contributed by atoms with Crippen LogP contribution in [0.2, 0.25) is 5.02 Å². The number of imidazole rings is 1. The molecule has 1 aromatic carbocycles. The monoisotopic (exact) mass is 309 g/mol. The Balaban J connectivity index is 2.12. The van der Waals surface area contributed by atoms with Gasteiger partial charge in [-0.1, -0.05) is 29.8 Å². The Morgan fingerprint density at radius 1 is 1.25 bits per heavy atom. The molecule has 20 heavy (non-hydrogen) atoms. The van der Waals surface area contributed by atoms with Crippen molar-refractivity contribution in [2.45, 2.75) is 12.4 Å². The van der Waals surface area contributed by atoms with E-state index in [1.165, 1.54) is 6.07 Å². The fourth-order valence-electron chi connectivity index (χ4n) is 2.10. The van der Waals surface area contributed by atoms with Gasteiger partial charge < -0.3 is 4.57 Å². The summed E-state index contributed by atoms with van der Waals surface area (Å²) in [5.41, 5.74) is 1.87. The van der Waals surface area contributed by atoms with Gasteiger partial charge in [-0.25, -0.2) is 14.4 Å². The molecule has 0 atom stereocenters. The van der Waals surface area contributed by atoms with E-state index in [0.717, 1.165) is 0 Å². The van der Waals surface area contributed by atoms with E-state index >= 15 is 0 Å². The van der Waals surface area contributed by atoms with Gasteiger partial charge in [0.1, 0.15) is 17.2 Å². The van der Waals surface area contributed by atoms with Gasteiger partial charge in [-0.2, -0.15) is 0 Å². The SMILES string of the molecule is Fc1ccccc1Cn1c(CCl)nc2cc(Cl)cnc21. The second kappa shape index (κ2) is 5.38. The molecule has 0 saturated carbocycles. The highest BCUT2D eigenvalue weighted by Crippen LogP contribution is 2.21. The van der Waals surface area contributed by atoms with Gasteiger partial charge in [-0.3, -0.25) is 0 Å². The minimum Gasteiger partial charge on any atom is -0.307 e. The summed E-state index contributed by atoms with van der Waals surface area (Å²) < 4.78 is 15.6. The standard InChI is InChI=1S/C14H10Cl2FN3/c15-6-13-19-12-5-10(16)7-18-14(12)20(13)8-9-3-1-2-4-11(9)17/h1-5,7H,6,8H2. The topological polar surface area (TPSA) is 30.7 Å². The molecule has 2 heterocycles. The summed E-state index contributed by atoms with van der Waals surface area (Å²) in [5, 5.41) is 0.508. The molecule has 3 nitrogen and oxygen atoms in total. The van der Waals surface area contributed by atoms with Crippen molar-refractivity contribution in [1.82, 2.24) is 14.5 Å². The number of halogens is 3. The lowest BCUT2D eigenvalue weighted by Gasteiger charge is -2.08. The van der Waals surface area contributed by atoms with E-state index in [0.29, 0.717) is 34.1 Å². The van der Waals surface area contributed by atoms with Crippen molar-refractivity contribution in [3.05, 3.63) is 58.8 Å². The van der Waals surface area contributed by atoms with Crippen LogP contribution >= 0.6 is 23.2 Å². The summed E-state index contributed by atoms with van der Waals surface area (Å²) >= 11 is 11.8. The second-order valence-electron chi connectivity index (χ2n) is 4.34. The van der Waals surface area contributed by atoms with Gasteiger partial charge >= 0.3 is 0 Å². The zero-order valence-electron chi connectivity index (χ0n) is 10.4. The number of nitrogens with zero attached hydrogens (tertiary/aromatic N) is 3. The van der Waals surface area contributed by atoms with E-state index < -0.39 is 0 Å². The van der Waals surface area contributed by atoms with Crippen molar-refractivity contribution in [3.63, 3.8) is 0 Å². The largest absolute Gasteiger partial charge is 0.307 e. The zero-order chi connectivity index (χ0) is 14.1. The first-order valence-corrected chi connectivity index (χ1v) is 6.90. The van der Waals surface area contributed by atoms with Crippen LogP contribution in [0.25, 0.3) is 11.2 Å². The maximum atomic E-state index is 13.8. The van der Waals surface area contributed by atoms with Gasteiger partial charge in [0, 0.05) is 11.8 Å². The molecule has 6 heteroatoms. The van der Waals surface area contributed by atoms with Crippen molar-refractivity contribution in [2.75, 3.05) is 0 Å². The number of hydrogen-bond acceptors (Lipinski definition) is 2. The Kier molecular flexibility index (Phi) is 3.59. The summed E-state index contributed by atoms with van der Waals surface area (Å²) in [6.07, 6.45) is 1.54. The maximum Gasteiger partial charge on any atom is 0.160 e. The zero-order valence-corrected chi connectivity index (χ0v) is 11.9. The minimum atomic E-state index is -0.260. The third-order valence-corrected chi connectivity index (χ3v) is 3.48. The second-order valence-corrected chi connectivity index (χ2v) is 5.04. The molecule has 0 fully saturated rings. The fourth-order valence-corrected chi connectivity index (χ4v) is 2.45. The lowest BCUT2D eigenvalue weighted by atomic mass is 10.2. The molecule has 0 aliphatic rings. The third-order valence-electron chi connectivity index (χ3n) is 3.04. The van der Waals surface area contributed by atoms with Crippen LogP contribution in [0.4, 0.5) is 4.39 Å². The first-order chi connectivity index (χ1) is 9.69. The Morgan fingerprint density at radius 2 is 2.05 bits per heavy atom. The first-order valence-electron chi connectivity index (χ1n) is 5.99. The summed E-state index contributed by atoms with van der Waals surface area (Å²) in [5.74, 6) is 0.603. The maximum absolute atomic E-state index is 13.8. The average Bonchev–Trinajstić information content (AvgIpc) is 2.78. The van der Waals surface area contributed by atoms with Gasteiger partial charge in [0.25, 0.3) is 0 Å².